The SMILES string of the molecule is CC(C)C(CCO)CCOC1CCC(O)CC1. The molecular formula is C14H28O3. The predicted molar refractivity (Wildman–Crippen MR) is 68.9 cm³/mol. The van der Waals surface area contributed by atoms with Crippen molar-refractivity contribution in [2.75, 3.05) is 13.2 Å². The van der Waals surface area contributed by atoms with E-state index in [9.17, 15) is 5.11 Å². The molecule has 0 aromatic heterocycles. The van der Waals surface area contributed by atoms with Crippen molar-refractivity contribution in [3.8, 4) is 0 Å². The standard InChI is InChI=1S/C14H28O3/c1-11(2)12(7-9-15)8-10-17-14-5-3-13(16)4-6-14/h11-16H,3-10H2,1-2H3. The van der Waals surface area contributed by atoms with Crippen LogP contribution in [0.1, 0.15) is 52.4 Å². The van der Waals surface area contributed by atoms with E-state index in [2.05, 4.69) is 13.8 Å². The monoisotopic (exact) mass is 244 g/mol. The Balaban J connectivity index is 2.13. The van der Waals surface area contributed by atoms with Gasteiger partial charge < -0.3 is 14.9 Å². The molecule has 17 heavy (non-hydrogen) atoms. The molecule has 3 heteroatoms. The number of hydrogen-bond acceptors (Lipinski definition) is 3. The van der Waals surface area contributed by atoms with Gasteiger partial charge in [0.05, 0.1) is 12.2 Å². The van der Waals surface area contributed by atoms with Gasteiger partial charge >= 0.3 is 0 Å². The van der Waals surface area contributed by atoms with E-state index in [-0.39, 0.29) is 12.7 Å². The summed E-state index contributed by atoms with van der Waals surface area (Å²) in [6.07, 6.45) is 5.92. The van der Waals surface area contributed by atoms with Crippen LogP contribution in [0, 0.1) is 11.8 Å². The highest BCUT2D eigenvalue weighted by molar-refractivity contribution is 4.72. The van der Waals surface area contributed by atoms with Crippen molar-refractivity contribution in [1.29, 1.82) is 0 Å². The molecule has 0 spiro atoms. The summed E-state index contributed by atoms with van der Waals surface area (Å²) in [6.45, 7) is 5.48. The van der Waals surface area contributed by atoms with Crippen LogP contribution in [0.3, 0.4) is 0 Å². The highest BCUT2D eigenvalue weighted by Gasteiger charge is 2.20. The van der Waals surface area contributed by atoms with Crippen molar-refractivity contribution in [2.45, 2.75) is 64.6 Å². The molecule has 0 aromatic rings. The molecule has 0 aromatic carbocycles. The van der Waals surface area contributed by atoms with E-state index >= 15 is 0 Å². The number of ether oxygens (including phenoxy) is 1. The van der Waals surface area contributed by atoms with E-state index in [1.54, 1.807) is 0 Å². The Hall–Kier alpha value is -0.120. The molecule has 3 nitrogen and oxygen atoms in total. The van der Waals surface area contributed by atoms with E-state index in [1.807, 2.05) is 0 Å². The first-order valence-corrected chi connectivity index (χ1v) is 7.04. The van der Waals surface area contributed by atoms with Crippen LogP contribution in [0.4, 0.5) is 0 Å². The summed E-state index contributed by atoms with van der Waals surface area (Å²) >= 11 is 0. The lowest BCUT2D eigenvalue weighted by Gasteiger charge is -2.27. The maximum absolute atomic E-state index is 9.40. The Kier molecular flexibility index (Phi) is 7.09. The van der Waals surface area contributed by atoms with Gasteiger partial charge in [-0.25, -0.2) is 0 Å². The summed E-state index contributed by atoms with van der Waals surface area (Å²) < 4.78 is 5.87. The van der Waals surface area contributed by atoms with Crippen LogP contribution in [-0.2, 0) is 4.74 Å². The maximum atomic E-state index is 9.40. The van der Waals surface area contributed by atoms with Crippen molar-refractivity contribution in [2.24, 2.45) is 11.8 Å². The minimum atomic E-state index is -0.104. The highest BCUT2D eigenvalue weighted by Crippen LogP contribution is 2.23. The normalized spacial score (nSPS) is 27.4. The number of hydrogen-bond donors (Lipinski definition) is 2. The maximum Gasteiger partial charge on any atom is 0.0577 e. The minimum Gasteiger partial charge on any atom is -0.396 e. The van der Waals surface area contributed by atoms with Gasteiger partial charge in [-0.15, -0.1) is 0 Å². The quantitative estimate of drug-likeness (QED) is 0.723. The van der Waals surface area contributed by atoms with Crippen molar-refractivity contribution in [3.05, 3.63) is 0 Å². The predicted octanol–water partition coefficient (Wildman–Crippen LogP) is 2.35. The first-order valence-electron chi connectivity index (χ1n) is 7.04. The fraction of sp³-hybridized carbons (Fsp3) is 1.00. The van der Waals surface area contributed by atoms with Crippen LogP contribution in [0.15, 0.2) is 0 Å². The molecule has 0 saturated heterocycles. The second-order valence-electron chi connectivity index (χ2n) is 5.61. The lowest BCUT2D eigenvalue weighted by atomic mass is 9.90. The molecule has 1 atom stereocenters. The largest absolute Gasteiger partial charge is 0.396 e. The molecule has 1 aliphatic carbocycles. The van der Waals surface area contributed by atoms with E-state index in [4.69, 9.17) is 9.84 Å². The van der Waals surface area contributed by atoms with Crippen LogP contribution in [0.2, 0.25) is 0 Å². The van der Waals surface area contributed by atoms with Crippen molar-refractivity contribution >= 4 is 0 Å². The third kappa shape index (κ3) is 5.84. The van der Waals surface area contributed by atoms with E-state index in [1.165, 1.54) is 0 Å². The van der Waals surface area contributed by atoms with Crippen LogP contribution < -0.4 is 0 Å². The highest BCUT2D eigenvalue weighted by atomic mass is 16.5. The second-order valence-corrected chi connectivity index (χ2v) is 5.61. The van der Waals surface area contributed by atoms with Gasteiger partial charge in [-0.1, -0.05) is 13.8 Å². The Bertz CT molecular complexity index is 186. The van der Waals surface area contributed by atoms with Crippen LogP contribution >= 0.6 is 0 Å². The first-order chi connectivity index (χ1) is 8.13. The summed E-state index contributed by atoms with van der Waals surface area (Å²) in [5.41, 5.74) is 0. The molecule has 1 saturated carbocycles. The summed E-state index contributed by atoms with van der Waals surface area (Å²) in [4.78, 5) is 0. The van der Waals surface area contributed by atoms with Gasteiger partial charge in [0.2, 0.25) is 0 Å². The lowest BCUT2D eigenvalue weighted by Crippen LogP contribution is -2.25. The molecule has 0 heterocycles. The third-order valence-electron chi connectivity index (χ3n) is 3.93. The molecule has 102 valence electrons. The molecule has 1 rings (SSSR count). The first kappa shape index (κ1) is 14.9. The van der Waals surface area contributed by atoms with Gasteiger partial charge in [-0.3, -0.25) is 0 Å². The van der Waals surface area contributed by atoms with Gasteiger partial charge in [-0.2, -0.15) is 0 Å². The fourth-order valence-corrected chi connectivity index (χ4v) is 2.57. The Morgan fingerprint density at radius 2 is 1.76 bits per heavy atom. The van der Waals surface area contributed by atoms with Crippen molar-refractivity contribution < 1.29 is 14.9 Å². The molecule has 1 aliphatic rings. The van der Waals surface area contributed by atoms with Crippen molar-refractivity contribution in [1.82, 2.24) is 0 Å². The Morgan fingerprint density at radius 1 is 1.12 bits per heavy atom. The van der Waals surface area contributed by atoms with Gasteiger partial charge in [0.15, 0.2) is 0 Å². The summed E-state index contributed by atoms with van der Waals surface area (Å²) in [7, 11) is 0. The zero-order valence-electron chi connectivity index (χ0n) is 11.3. The van der Waals surface area contributed by atoms with Crippen LogP contribution in [0.25, 0.3) is 0 Å². The summed E-state index contributed by atoms with van der Waals surface area (Å²) in [6, 6.07) is 0. The van der Waals surface area contributed by atoms with Crippen LogP contribution in [-0.4, -0.2) is 35.6 Å². The number of rotatable bonds is 7. The molecule has 1 unspecified atom stereocenters. The number of aliphatic hydroxyl groups excluding tert-OH is 2. The smallest absolute Gasteiger partial charge is 0.0577 e. The topological polar surface area (TPSA) is 49.7 Å². The summed E-state index contributed by atoms with van der Waals surface area (Å²) in [5, 5.41) is 18.4. The summed E-state index contributed by atoms with van der Waals surface area (Å²) in [5.74, 6) is 1.17. The zero-order valence-corrected chi connectivity index (χ0v) is 11.3. The molecular weight excluding hydrogens is 216 g/mol. The molecule has 1 fully saturated rings. The van der Waals surface area contributed by atoms with Gasteiger partial charge in [-0.05, 0) is 50.4 Å². The van der Waals surface area contributed by atoms with Gasteiger partial charge in [0, 0.05) is 13.2 Å². The molecule has 0 amide bonds. The lowest BCUT2D eigenvalue weighted by molar-refractivity contribution is -0.0104. The molecule has 0 bridgehead atoms. The average molecular weight is 244 g/mol. The Morgan fingerprint density at radius 3 is 2.29 bits per heavy atom. The van der Waals surface area contributed by atoms with Gasteiger partial charge in [0.1, 0.15) is 0 Å². The molecule has 0 aliphatic heterocycles. The molecule has 0 radical (unpaired) electrons. The Labute approximate surface area is 105 Å². The van der Waals surface area contributed by atoms with E-state index in [0.29, 0.717) is 17.9 Å². The second kappa shape index (κ2) is 8.06. The van der Waals surface area contributed by atoms with Crippen molar-refractivity contribution in [3.63, 3.8) is 0 Å². The minimum absolute atomic E-state index is 0.104. The molecule has 2 N–H and O–H groups in total. The zero-order chi connectivity index (χ0) is 12.7. The number of aliphatic hydroxyl groups is 2. The van der Waals surface area contributed by atoms with Gasteiger partial charge in [0.25, 0.3) is 0 Å². The van der Waals surface area contributed by atoms with Crippen LogP contribution in [0.5, 0.6) is 0 Å². The third-order valence-corrected chi connectivity index (χ3v) is 3.93. The fourth-order valence-electron chi connectivity index (χ4n) is 2.57. The van der Waals surface area contributed by atoms with E-state index in [0.717, 1.165) is 45.1 Å². The average Bonchev–Trinajstić information content (AvgIpc) is 2.30. The van der Waals surface area contributed by atoms with E-state index < -0.39 is 0 Å².